The van der Waals surface area contributed by atoms with Crippen LogP contribution in [0.5, 0.6) is 0 Å². The predicted octanol–water partition coefficient (Wildman–Crippen LogP) is 4.24. The van der Waals surface area contributed by atoms with Gasteiger partial charge in [0, 0.05) is 35.5 Å². The molecule has 0 aromatic rings. The molecule has 0 bridgehead atoms. The molecule has 1 N–H and O–H groups in total. The second-order valence-electron chi connectivity index (χ2n) is 11.4. The van der Waals surface area contributed by atoms with Crippen LogP contribution in [0.3, 0.4) is 0 Å². The zero-order valence-electron chi connectivity index (χ0n) is 22.2. The monoisotopic (exact) mass is 540 g/mol. The van der Waals surface area contributed by atoms with Gasteiger partial charge in [0.1, 0.15) is 0 Å². The van der Waals surface area contributed by atoms with Crippen LogP contribution in [-0.2, 0) is 28.7 Å². The molecule has 4 aliphatic carbocycles. The van der Waals surface area contributed by atoms with Gasteiger partial charge in [-0.25, -0.2) is 4.39 Å². The minimum Gasteiger partial charge on any atom is -0.457 e. The fourth-order valence-corrected chi connectivity index (χ4v) is 8.01. The summed E-state index contributed by atoms with van der Waals surface area (Å²) < 4.78 is 28.5. The lowest BCUT2D eigenvalue weighted by Gasteiger charge is -2.62. The molecule has 7 nitrogen and oxygen atoms in total. The first-order valence-electron chi connectivity index (χ1n) is 13.0. The van der Waals surface area contributed by atoms with Gasteiger partial charge in [-0.1, -0.05) is 39.3 Å². The van der Waals surface area contributed by atoms with Crippen LogP contribution in [0.25, 0.3) is 0 Å². The van der Waals surface area contributed by atoms with Crippen molar-refractivity contribution in [2.45, 2.75) is 90.5 Å². The van der Waals surface area contributed by atoms with Crippen molar-refractivity contribution in [1.29, 1.82) is 0 Å². The van der Waals surface area contributed by atoms with Gasteiger partial charge >= 0.3 is 11.9 Å². The van der Waals surface area contributed by atoms with E-state index in [2.05, 4.69) is 0 Å². The van der Waals surface area contributed by atoms with E-state index in [9.17, 15) is 24.3 Å². The molecule has 0 aliphatic heterocycles. The first-order chi connectivity index (χ1) is 16.8. The number of alkyl halides is 1. The van der Waals surface area contributed by atoms with Crippen molar-refractivity contribution < 1.29 is 38.1 Å². The van der Waals surface area contributed by atoms with Gasteiger partial charge in [0.15, 0.2) is 23.7 Å². The zero-order chi connectivity index (χ0) is 26.7. The number of hydrogen-bond acceptors (Lipinski definition) is 7. The molecule has 3 fully saturated rings. The van der Waals surface area contributed by atoms with Crippen molar-refractivity contribution in [3.63, 3.8) is 0 Å². The number of aliphatic hydroxyl groups excluding tert-OH is 1. The van der Waals surface area contributed by atoms with Crippen molar-refractivity contribution in [2.75, 3.05) is 6.61 Å². The predicted molar refractivity (Wildman–Crippen MR) is 136 cm³/mol. The molecule has 0 saturated heterocycles. The number of carbonyl (C=O) groups is 4. The highest BCUT2D eigenvalue weighted by molar-refractivity contribution is 6.01. The minimum atomic E-state index is -2.05. The Morgan fingerprint density at radius 1 is 1.14 bits per heavy atom. The minimum absolute atomic E-state index is 0. The van der Waals surface area contributed by atoms with Crippen LogP contribution in [0.1, 0.15) is 73.1 Å². The number of allylic oxidation sites excluding steroid dienone is 4. The Balaban J connectivity index is 0.00000380. The summed E-state index contributed by atoms with van der Waals surface area (Å²) in [7, 11) is 0. The second-order valence-corrected chi connectivity index (χ2v) is 11.4. The van der Waals surface area contributed by atoms with E-state index in [1.165, 1.54) is 12.2 Å². The van der Waals surface area contributed by atoms with Crippen molar-refractivity contribution in [2.24, 2.45) is 28.6 Å². The van der Waals surface area contributed by atoms with Crippen molar-refractivity contribution in [3.8, 4) is 0 Å². The molecule has 0 radical (unpaired) electrons. The molecule has 0 amide bonds. The number of Topliss-reactive ketones (excluding diaryl/α,β-unsaturated/α-hetero) is 1. The number of ether oxygens (including phenoxy) is 2. The Hall–Kier alpha value is -2.06. The first-order valence-corrected chi connectivity index (χ1v) is 13.0. The normalized spacial score (nSPS) is 41.9. The second kappa shape index (κ2) is 9.92. The summed E-state index contributed by atoms with van der Waals surface area (Å²) in [4.78, 5) is 50.3. The average molecular weight is 541 g/mol. The summed E-state index contributed by atoms with van der Waals surface area (Å²) in [5.41, 5.74) is -5.26. The third-order valence-corrected chi connectivity index (χ3v) is 9.81. The van der Waals surface area contributed by atoms with Gasteiger partial charge in [0.05, 0.1) is 6.10 Å². The first kappa shape index (κ1) is 29.5. The largest absolute Gasteiger partial charge is 0.457 e. The van der Waals surface area contributed by atoms with E-state index in [1.54, 1.807) is 33.8 Å². The average Bonchev–Trinajstić information content (AvgIpc) is 3.05. The van der Waals surface area contributed by atoms with Crippen LogP contribution in [-0.4, -0.2) is 52.6 Å². The summed E-state index contributed by atoms with van der Waals surface area (Å²) in [6.07, 6.45) is 4.32. The molecular formula is C28H38ClFO7. The van der Waals surface area contributed by atoms with E-state index in [-0.39, 0.29) is 43.4 Å². The van der Waals surface area contributed by atoms with Gasteiger partial charge in [0.25, 0.3) is 0 Å². The number of ketones is 2. The molecule has 1 unspecified atom stereocenters. The van der Waals surface area contributed by atoms with E-state index in [1.807, 2.05) is 6.92 Å². The number of fused-ring (bicyclic) bond motifs is 5. The van der Waals surface area contributed by atoms with E-state index >= 15 is 4.39 Å². The lowest BCUT2D eigenvalue weighted by Crippen LogP contribution is -2.70. The Labute approximate surface area is 223 Å². The number of rotatable bonds is 6. The molecular weight excluding hydrogens is 503 g/mol. The SMILES string of the molecule is CCC(=O)OCC(=O)[C@@]1(OC(=O)CC)[C@@H](C)C[C@H]2[C@@H]3CCC4=CC(=O)C=C[C@]4(C)C3(F)[C@@H](O)C[C@@]21C.Cl. The zero-order valence-corrected chi connectivity index (χ0v) is 23.0. The molecule has 3 saturated carbocycles. The molecule has 9 heteroatoms. The molecule has 0 aromatic heterocycles. The highest BCUT2D eigenvalue weighted by atomic mass is 35.5. The maximum atomic E-state index is 17.4. The highest BCUT2D eigenvalue weighted by Gasteiger charge is 2.77. The molecule has 4 rings (SSSR count). The van der Waals surface area contributed by atoms with Crippen LogP contribution in [0, 0.1) is 28.6 Å². The van der Waals surface area contributed by atoms with Gasteiger partial charge in [-0.3, -0.25) is 19.2 Å². The fraction of sp³-hybridized carbons (Fsp3) is 0.714. The Morgan fingerprint density at radius 3 is 2.41 bits per heavy atom. The molecule has 4 aliphatic rings. The van der Waals surface area contributed by atoms with Crippen molar-refractivity contribution in [3.05, 3.63) is 23.8 Å². The number of hydrogen-bond donors (Lipinski definition) is 1. The lowest BCUT2D eigenvalue weighted by molar-refractivity contribution is -0.228. The van der Waals surface area contributed by atoms with Crippen molar-refractivity contribution in [1.82, 2.24) is 0 Å². The summed E-state index contributed by atoms with van der Waals surface area (Å²) in [5, 5.41) is 11.5. The maximum absolute atomic E-state index is 17.4. The van der Waals surface area contributed by atoms with Crippen LogP contribution < -0.4 is 0 Å². The van der Waals surface area contributed by atoms with Gasteiger partial charge in [-0.05, 0) is 50.7 Å². The molecule has 8 atom stereocenters. The smallest absolute Gasteiger partial charge is 0.306 e. The highest BCUT2D eigenvalue weighted by Crippen LogP contribution is 2.71. The van der Waals surface area contributed by atoms with E-state index < -0.39 is 64.4 Å². The summed E-state index contributed by atoms with van der Waals surface area (Å²) in [5.74, 6) is -3.31. The maximum Gasteiger partial charge on any atom is 0.306 e. The summed E-state index contributed by atoms with van der Waals surface area (Å²) in [6.45, 7) is 8.05. The van der Waals surface area contributed by atoms with Gasteiger partial charge in [0.2, 0.25) is 5.78 Å². The summed E-state index contributed by atoms with van der Waals surface area (Å²) in [6, 6.07) is 0. The van der Waals surface area contributed by atoms with Gasteiger partial charge < -0.3 is 14.6 Å². The number of halogens is 2. The van der Waals surface area contributed by atoms with Gasteiger partial charge in [-0.2, -0.15) is 0 Å². The van der Waals surface area contributed by atoms with E-state index in [4.69, 9.17) is 9.47 Å². The standard InChI is InChI=1S/C28H37FO7.ClH/c1-6-23(33)35-15-22(32)28(36-24(34)7-2)16(3)12-20-19-9-8-17-13-18(30)10-11-25(17,4)27(19,29)21(31)14-26(20,28)5;/h10-11,13,16,19-21,31H,6-9,12,14-15H2,1-5H3;1H/t16-,19-,20-,21-,25-,26-,27?,28-;/m0./s1. The third-order valence-electron chi connectivity index (χ3n) is 9.81. The quantitative estimate of drug-likeness (QED) is 0.502. The van der Waals surface area contributed by atoms with Crippen LogP contribution >= 0.6 is 12.4 Å². The topological polar surface area (TPSA) is 107 Å². The van der Waals surface area contributed by atoms with E-state index in [0.29, 0.717) is 24.8 Å². The number of carbonyl (C=O) groups excluding carboxylic acids is 4. The molecule has 0 aromatic carbocycles. The van der Waals surface area contributed by atoms with Crippen LogP contribution in [0.15, 0.2) is 23.8 Å². The molecule has 0 spiro atoms. The number of aliphatic hydroxyl groups is 1. The van der Waals surface area contributed by atoms with Crippen LogP contribution in [0.2, 0.25) is 0 Å². The Bertz CT molecular complexity index is 1060. The number of esters is 2. The van der Waals surface area contributed by atoms with Crippen molar-refractivity contribution >= 4 is 35.9 Å². The lowest BCUT2D eigenvalue weighted by atomic mass is 9.44. The Kier molecular flexibility index (Phi) is 7.91. The molecule has 0 heterocycles. The molecule has 37 heavy (non-hydrogen) atoms. The van der Waals surface area contributed by atoms with E-state index in [0.717, 1.165) is 0 Å². The fourth-order valence-electron chi connectivity index (χ4n) is 8.01. The van der Waals surface area contributed by atoms with Crippen LogP contribution in [0.4, 0.5) is 4.39 Å². The summed E-state index contributed by atoms with van der Waals surface area (Å²) >= 11 is 0. The Morgan fingerprint density at radius 2 is 1.78 bits per heavy atom. The molecule has 206 valence electrons. The third kappa shape index (κ3) is 3.92. The van der Waals surface area contributed by atoms with Gasteiger partial charge in [-0.15, -0.1) is 12.4 Å².